The Morgan fingerprint density at radius 1 is 0.146 bits per heavy atom. The van der Waals surface area contributed by atoms with Gasteiger partial charge in [-0.05, 0) is 172 Å². The first-order chi connectivity index (χ1) is 47.6. The maximum absolute atomic E-state index is 2.48. The molecule has 0 aliphatic rings. The second-order valence-electron chi connectivity index (χ2n) is 25.6. The van der Waals surface area contributed by atoms with Crippen LogP contribution in [-0.4, -0.2) is 18.3 Å². The molecule has 0 radical (unpaired) electrons. The molecule has 21 rings (SSSR count). The van der Waals surface area contributed by atoms with Gasteiger partial charge < -0.3 is 18.3 Å². The van der Waals surface area contributed by atoms with Gasteiger partial charge in [0.05, 0.1) is 44.1 Å². The fourth-order valence-electron chi connectivity index (χ4n) is 15.9. The highest BCUT2D eigenvalue weighted by molar-refractivity contribution is 7.26. The molecule has 0 aliphatic carbocycles. The number of para-hydroxylation sites is 5. The van der Waals surface area contributed by atoms with E-state index in [2.05, 4.69) is 346 Å². The lowest BCUT2D eigenvalue weighted by Crippen LogP contribution is -1.94. The average Bonchev–Trinajstić information content (AvgIpc) is 1.58. The van der Waals surface area contributed by atoms with E-state index >= 15 is 0 Å². The maximum Gasteiger partial charge on any atom is 0.0555 e. The lowest BCUT2D eigenvalue weighted by molar-refractivity contribution is 1.18. The van der Waals surface area contributed by atoms with E-state index in [-0.39, 0.29) is 0 Å². The van der Waals surface area contributed by atoms with Crippen molar-refractivity contribution >= 4 is 150 Å². The van der Waals surface area contributed by atoms with E-state index in [1.165, 1.54) is 172 Å². The van der Waals surface area contributed by atoms with Gasteiger partial charge in [-0.3, -0.25) is 0 Å². The van der Waals surface area contributed by atoms with E-state index in [0.29, 0.717) is 0 Å². The van der Waals surface area contributed by atoms with Gasteiger partial charge in [-0.25, -0.2) is 0 Å². The summed E-state index contributed by atoms with van der Waals surface area (Å²) >= 11 is 3.77. The van der Waals surface area contributed by atoms with E-state index < -0.39 is 0 Å². The first-order valence-corrected chi connectivity index (χ1v) is 34.5. The third-order valence-corrected chi connectivity index (χ3v) is 22.7. The molecule has 0 atom stereocenters. The Morgan fingerprint density at radius 2 is 0.427 bits per heavy atom. The minimum absolute atomic E-state index is 1.14. The van der Waals surface area contributed by atoms with Crippen LogP contribution in [0.15, 0.2) is 328 Å². The summed E-state index contributed by atoms with van der Waals surface area (Å²) in [5.41, 5.74) is 23.9. The molecule has 0 unspecified atom stereocenters. The summed E-state index contributed by atoms with van der Waals surface area (Å²) in [7, 11) is 0. The minimum atomic E-state index is 1.14. The second-order valence-corrected chi connectivity index (χ2v) is 27.7. The van der Waals surface area contributed by atoms with Gasteiger partial charge in [0.1, 0.15) is 0 Å². The monoisotopic (exact) mass is 1250 g/mol. The highest BCUT2D eigenvalue weighted by Crippen LogP contribution is 2.46. The normalized spacial score (nSPS) is 12.2. The zero-order chi connectivity index (χ0) is 62.7. The Kier molecular flexibility index (Phi) is 11.5. The summed E-state index contributed by atoms with van der Waals surface area (Å²) in [6.07, 6.45) is 0. The van der Waals surface area contributed by atoms with Crippen LogP contribution in [0, 0.1) is 0 Å². The van der Waals surface area contributed by atoms with Crippen LogP contribution >= 0.6 is 22.7 Å². The molecule has 96 heavy (non-hydrogen) atoms. The molecule has 0 fully saturated rings. The van der Waals surface area contributed by atoms with Gasteiger partial charge in [0, 0.05) is 106 Å². The molecule has 0 saturated heterocycles. The second kappa shape index (κ2) is 20.7. The van der Waals surface area contributed by atoms with Crippen LogP contribution in [0.4, 0.5) is 0 Å². The van der Waals surface area contributed by atoms with Crippen molar-refractivity contribution in [1.82, 2.24) is 18.3 Å². The smallest absolute Gasteiger partial charge is 0.0555 e. The van der Waals surface area contributed by atoms with E-state index in [9.17, 15) is 0 Å². The van der Waals surface area contributed by atoms with Crippen LogP contribution in [0.1, 0.15) is 0 Å². The Labute approximate surface area is 559 Å². The molecule has 0 amide bonds. The van der Waals surface area contributed by atoms with Crippen molar-refractivity contribution in [3.8, 4) is 67.3 Å². The molecule has 0 N–H and O–H groups in total. The number of nitrogens with zero attached hydrogens (tertiary/aromatic N) is 4. The fraction of sp³-hybridized carbons (Fsp3) is 0. The molecule has 0 aliphatic heterocycles. The summed E-state index contributed by atoms with van der Waals surface area (Å²) in [4.78, 5) is 0. The lowest BCUT2D eigenvalue weighted by atomic mass is 10.00. The Morgan fingerprint density at radius 3 is 0.896 bits per heavy atom. The minimum Gasteiger partial charge on any atom is -0.309 e. The SMILES string of the molecule is c1ccc2c(c1)sc1cc3c(cc12)c1cc(-c2ccc4c(c2)sc2cc5c6ccccc6n(-c6ccc(-c7ccc(-n8c9ccccc9c9ccccc98)cc7)cc6)c5cc24)ccc1n3-c1ccc(-c2ccc(-c3ccc(-n4c5ccccc5c5ccccc54)cc3)cc2)cc1. The third kappa shape index (κ3) is 8.07. The standard InChI is InChI=1S/C90H54N4S2/c1-7-19-79-67(13-1)68-14-2-8-20-80(68)91(79)63-39-29-57(30-40-63)55-25-27-56(28-26-55)58-33-45-66(46-34-58)94-84-48-38-61(49-74(84)75-51-77-72-18-6-12-24-87(72)95-90(77)54-86(75)94)62-37-47-73-78-52-85-76(53-89(78)96-88(73)50-62)71-17-5-11-23-83(71)93(85)65-43-35-60(36-44-65)59-31-41-64(42-32-59)92-81-21-9-3-15-69(81)70-16-4-10-22-82(70)92/h1-54H. The average molecular weight is 1260 g/mol. The zero-order valence-electron chi connectivity index (χ0n) is 51.8. The number of hydrogen-bond acceptors (Lipinski definition) is 2. The molecule has 6 heteroatoms. The summed E-state index contributed by atoms with van der Waals surface area (Å²) in [5, 5.41) is 15.3. The summed E-state index contributed by atoms with van der Waals surface area (Å²) < 4.78 is 14.9. The molecule has 6 aromatic heterocycles. The highest BCUT2D eigenvalue weighted by atomic mass is 32.1. The number of aromatic nitrogens is 4. The quantitative estimate of drug-likeness (QED) is 0.144. The first-order valence-electron chi connectivity index (χ1n) is 32.9. The van der Waals surface area contributed by atoms with Gasteiger partial charge in [0.15, 0.2) is 0 Å². The molecule has 446 valence electrons. The van der Waals surface area contributed by atoms with Crippen molar-refractivity contribution in [3.05, 3.63) is 328 Å². The van der Waals surface area contributed by atoms with Crippen molar-refractivity contribution in [2.24, 2.45) is 0 Å². The van der Waals surface area contributed by atoms with Crippen LogP contribution in [0.3, 0.4) is 0 Å². The van der Waals surface area contributed by atoms with Gasteiger partial charge in [-0.1, -0.05) is 200 Å². The fourth-order valence-corrected chi connectivity index (χ4v) is 18.1. The predicted octanol–water partition coefficient (Wildman–Crippen LogP) is 25.5. The van der Waals surface area contributed by atoms with Gasteiger partial charge in [0.2, 0.25) is 0 Å². The van der Waals surface area contributed by atoms with Crippen molar-refractivity contribution < 1.29 is 0 Å². The zero-order valence-corrected chi connectivity index (χ0v) is 53.4. The van der Waals surface area contributed by atoms with Crippen molar-refractivity contribution in [2.45, 2.75) is 0 Å². The number of benzene rings is 15. The summed E-state index contributed by atoms with van der Waals surface area (Å²) in [6, 6.07) is 122. The molecule has 4 nitrogen and oxygen atoms in total. The Balaban J connectivity index is 0.605. The molecular weight excluding hydrogens is 1200 g/mol. The van der Waals surface area contributed by atoms with Crippen molar-refractivity contribution in [1.29, 1.82) is 0 Å². The van der Waals surface area contributed by atoms with Gasteiger partial charge in [-0.15, -0.1) is 22.7 Å². The molecular formula is C90H54N4S2. The van der Waals surface area contributed by atoms with Crippen LogP contribution in [0.2, 0.25) is 0 Å². The third-order valence-electron chi connectivity index (χ3n) is 20.4. The molecule has 15 aromatic carbocycles. The molecule has 0 bridgehead atoms. The number of rotatable bonds is 8. The van der Waals surface area contributed by atoms with Crippen LogP contribution < -0.4 is 0 Å². The molecule has 6 heterocycles. The topological polar surface area (TPSA) is 19.7 Å². The van der Waals surface area contributed by atoms with Gasteiger partial charge in [-0.2, -0.15) is 0 Å². The van der Waals surface area contributed by atoms with E-state index in [0.717, 1.165) is 22.7 Å². The molecule has 21 aromatic rings. The van der Waals surface area contributed by atoms with Crippen molar-refractivity contribution in [2.75, 3.05) is 0 Å². The van der Waals surface area contributed by atoms with Gasteiger partial charge >= 0.3 is 0 Å². The van der Waals surface area contributed by atoms with Crippen LogP contribution in [0.5, 0.6) is 0 Å². The largest absolute Gasteiger partial charge is 0.309 e. The summed E-state index contributed by atoms with van der Waals surface area (Å²) in [5.74, 6) is 0. The van der Waals surface area contributed by atoms with Crippen molar-refractivity contribution in [3.63, 3.8) is 0 Å². The van der Waals surface area contributed by atoms with Gasteiger partial charge in [0.25, 0.3) is 0 Å². The highest BCUT2D eigenvalue weighted by Gasteiger charge is 2.21. The molecule has 0 spiro atoms. The number of hydrogen-bond donors (Lipinski definition) is 0. The van der Waals surface area contributed by atoms with Crippen LogP contribution in [-0.2, 0) is 0 Å². The number of fused-ring (bicyclic) bond motifs is 18. The van der Waals surface area contributed by atoms with E-state index in [4.69, 9.17) is 0 Å². The molecule has 0 saturated carbocycles. The lowest BCUT2D eigenvalue weighted by Gasteiger charge is -2.11. The maximum atomic E-state index is 2.48. The van der Waals surface area contributed by atoms with E-state index in [1.54, 1.807) is 0 Å². The Hall–Kier alpha value is -12.1. The Bertz CT molecular complexity index is 6660. The number of thiophene rings is 2. The van der Waals surface area contributed by atoms with E-state index in [1.807, 2.05) is 22.7 Å². The first kappa shape index (κ1) is 53.4. The predicted molar refractivity (Wildman–Crippen MR) is 411 cm³/mol. The summed E-state index contributed by atoms with van der Waals surface area (Å²) in [6.45, 7) is 0. The van der Waals surface area contributed by atoms with Crippen LogP contribution in [0.25, 0.3) is 195 Å².